The summed E-state index contributed by atoms with van der Waals surface area (Å²) < 4.78 is 0. The number of carbonyl (C=O) groups excluding carboxylic acids is 4. The molecule has 0 rings (SSSR count). The smallest absolute Gasteiger partial charge is 0.240 e. The van der Waals surface area contributed by atoms with Crippen LogP contribution in [-0.2, 0) is 19.2 Å². The van der Waals surface area contributed by atoms with E-state index in [0.717, 1.165) is 0 Å². The second-order valence-electron chi connectivity index (χ2n) is 4.48. The Morgan fingerprint density at radius 3 is 2.00 bits per heavy atom. The summed E-state index contributed by atoms with van der Waals surface area (Å²) in [5.74, 6) is -4.65. The monoisotopic (exact) mass is 273 g/mol. The molecule has 0 aliphatic heterocycles. The van der Waals surface area contributed by atoms with Gasteiger partial charge in [-0.05, 0) is 5.92 Å². The third-order valence-corrected chi connectivity index (χ3v) is 2.52. The highest BCUT2D eigenvalue weighted by atomic mass is 16.3. The Labute approximate surface area is 110 Å². The van der Waals surface area contributed by atoms with Crippen LogP contribution in [0, 0.1) is 11.8 Å². The molecule has 8 nitrogen and oxygen atoms in total. The van der Waals surface area contributed by atoms with Crippen LogP contribution in [0.25, 0.3) is 0 Å². The molecule has 0 heterocycles. The molecule has 108 valence electrons. The molecule has 0 aliphatic carbocycles. The van der Waals surface area contributed by atoms with Crippen LogP contribution in [0.15, 0.2) is 0 Å². The molecule has 19 heavy (non-hydrogen) atoms. The van der Waals surface area contributed by atoms with E-state index < -0.39 is 48.5 Å². The number of amides is 3. The van der Waals surface area contributed by atoms with Crippen LogP contribution in [0.5, 0.6) is 0 Å². The largest absolute Gasteiger partial charge is 0.389 e. The Morgan fingerprint density at radius 1 is 1.16 bits per heavy atom. The van der Waals surface area contributed by atoms with Crippen LogP contribution in [0.3, 0.4) is 0 Å². The highest BCUT2D eigenvalue weighted by Crippen LogP contribution is 2.13. The number of Topliss-reactive ketones (excluding diaryl/α,β-unsaturated/α-hetero) is 1. The number of nitrogens with two attached hydrogens (primary N) is 2. The molecule has 3 amide bonds. The Bertz CT molecular complexity index is 381. The van der Waals surface area contributed by atoms with Crippen molar-refractivity contribution in [3.63, 3.8) is 0 Å². The number of rotatable bonds is 8. The molecule has 0 aromatic carbocycles. The van der Waals surface area contributed by atoms with Crippen molar-refractivity contribution in [1.82, 2.24) is 5.32 Å². The van der Waals surface area contributed by atoms with Gasteiger partial charge in [-0.1, -0.05) is 13.8 Å². The van der Waals surface area contributed by atoms with E-state index in [-0.39, 0.29) is 5.92 Å². The molecular weight excluding hydrogens is 254 g/mol. The second kappa shape index (κ2) is 7.47. The standard InChI is InChI=1S/C11H19N3O5/c1-5(2)9(7(16)4-15)11(19)14-6(10(13)18)3-8(12)17/h5-6,9,15H,3-4H2,1-2H3,(H2,12,17)(H2,13,18)(H,14,19)/t6-,9?/m0/s1. The van der Waals surface area contributed by atoms with Crippen LogP contribution in [-0.4, -0.2) is 41.3 Å². The van der Waals surface area contributed by atoms with Gasteiger partial charge < -0.3 is 21.9 Å². The summed E-state index contributed by atoms with van der Waals surface area (Å²) in [6, 6.07) is -1.27. The van der Waals surface area contributed by atoms with Gasteiger partial charge >= 0.3 is 0 Å². The zero-order valence-corrected chi connectivity index (χ0v) is 10.9. The highest BCUT2D eigenvalue weighted by molar-refractivity contribution is 6.03. The number of nitrogens with one attached hydrogen (secondary N) is 1. The molecule has 0 saturated carbocycles. The molecule has 0 radical (unpaired) electrons. The molecule has 6 N–H and O–H groups in total. The number of aliphatic hydroxyl groups is 1. The normalized spacial score (nSPS) is 13.7. The fraction of sp³-hybridized carbons (Fsp3) is 0.636. The van der Waals surface area contributed by atoms with Crippen LogP contribution in [0.1, 0.15) is 20.3 Å². The first-order valence-corrected chi connectivity index (χ1v) is 5.72. The molecule has 0 aromatic rings. The number of hydrogen-bond donors (Lipinski definition) is 4. The Balaban J connectivity index is 4.91. The molecule has 0 fully saturated rings. The van der Waals surface area contributed by atoms with Crippen molar-refractivity contribution in [3.05, 3.63) is 0 Å². The van der Waals surface area contributed by atoms with E-state index in [1.54, 1.807) is 13.8 Å². The second-order valence-corrected chi connectivity index (χ2v) is 4.48. The molecular formula is C11H19N3O5. The van der Waals surface area contributed by atoms with Crippen molar-refractivity contribution in [2.24, 2.45) is 23.3 Å². The molecule has 0 spiro atoms. The average molecular weight is 273 g/mol. The summed E-state index contributed by atoms with van der Waals surface area (Å²) in [7, 11) is 0. The van der Waals surface area contributed by atoms with Crippen LogP contribution in [0.2, 0.25) is 0 Å². The highest BCUT2D eigenvalue weighted by Gasteiger charge is 2.31. The molecule has 0 aliphatic rings. The van der Waals surface area contributed by atoms with Crippen LogP contribution >= 0.6 is 0 Å². The predicted molar refractivity (Wildman–Crippen MR) is 65.4 cm³/mol. The maximum Gasteiger partial charge on any atom is 0.240 e. The van der Waals surface area contributed by atoms with E-state index in [9.17, 15) is 19.2 Å². The van der Waals surface area contributed by atoms with E-state index in [0.29, 0.717) is 0 Å². The lowest BCUT2D eigenvalue weighted by atomic mass is 9.90. The van der Waals surface area contributed by atoms with Crippen molar-refractivity contribution in [2.45, 2.75) is 26.3 Å². The summed E-state index contributed by atoms with van der Waals surface area (Å²) >= 11 is 0. The summed E-state index contributed by atoms with van der Waals surface area (Å²) in [4.78, 5) is 45.1. The Kier molecular flexibility index (Phi) is 6.70. The SMILES string of the molecule is CC(C)C(C(=O)CO)C(=O)N[C@@H](CC(N)=O)C(N)=O. The first kappa shape index (κ1) is 17.0. The fourth-order valence-electron chi connectivity index (χ4n) is 1.60. The summed E-state index contributed by atoms with van der Waals surface area (Å²) in [6.45, 7) is 2.45. The first-order valence-electron chi connectivity index (χ1n) is 5.72. The zero-order valence-electron chi connectivity index (χ0n) is 10.9. The molecule has 0 aromatic heterocycles. The molecule has 2 atom stereocenters. The van der Waals surface area contributed by atoms with Gasteiger partial charge in [0, 0.05) is 0 Å². The fourth-order valence-corrected chi connectivity index (χ4v) is 1.60. The van der Waals surface area contributed by atoms with E-state index in [2.05, 4.69) is 5.32 Å². The number of ketones is 1. The molecule has 8 heteroatoms. The topological polar surface area (TPSA) is 153 Å². The number of aliphatic hydroxyl groups excluding tert-OH is 1. The van der Waals surface area contributed by atoms with Crippen LogP contribution in [0.4, 0.5) is 0 Å². The van der Waals surface area contributed by atoms with Crippen molar-refractivity contribution in [1.29, 1.82) is 0 Å². The van der Waals surface area contributed by atoms with E-state index in [1.165, 1.54) is 0 Å². The lowest BCUT2D eigenvalue weighted by Gasteiger charge is -2.21. The molecule has 0 saturated heterocycles. The van der Waals surface area contributed by atoms with Crippen LogP contribution < -0.4 is 16.8 Å². The predicted octanol–water partition coefficient (Wildman–Crippen LogP) is -2.33. The Morgan fingerprint density at radius 2 is 1.68 bits per heavy atom. The molecule has 0 bridgehead atoms. The first-order chi connectivity index (χ1) is 8.70. The lowest BCUT2D eigenvalue weighted by Crippen LogP contribution is -2.50. The van der Waals surface area contributed by atoms with Gasteiger partial charge in [0.25, 0.3) is 0 Å². The van der Waals surface area contributed by atoms with Crippen molar-refractivity contribution < 1.29 is 24.3 Å². The van der Waals surface area contributed by atoms with E-state index in [1.807, 2.05) is 0 Å². The number of hydrogen-bond acceptors (Lipinski definition) is 5. The van der Waals surface area contributed by atoms with Gasteiger partial charge in [0.05, 0.1) is 6.42 Å². The maximum atomic E-state index is 11.9. The minimum Gasteiger partial charge on any atom is -0.389 e. The van der Waals surface area contributed by atoms with E-state index >= 15 is 0 Å². The number of primary amides is 2. The van der Waals surface area contributed by atoms with Gasteiger partial charge in [-0.25, -0.2) is 0 Å². The van der Waals surface area contributed by atoms with Gasteiger partial charge in [0.2, 0.25) is 17.7 Å². The third kappa shape index (κ3) is 5.47. The van der Waals surface area contributed by atoms with Crippen molar-refractivity contribution in [2.75, 3.05) is 6.61 Å². The number of carbonyl (C=O) groups is 4. The maximum absolute atomic E-state index is 11.9. The average Bonchev–Trinajstić information content (AvgIpc) is 2.26. The minimum absolute atomic E-state index is 0.373. The van der Waals surface area contributed by atoms with Crippen molar-refractivity contribution >= 4 is 23.5 Å². The summed E-state index contributed by atoms with van der Waals surface area (Å²) in [6.07, 6.45) is -0.445. The van der Waals surface area contributed by atoms with Gasteiger partial charge in [0.15, 0.2) is 5.78 Å². The van der Waals surface area contributed by atoms with Gasteiger partial charge in [0.1, 0.15) is 18.6 Å². The van der Waals surface area contributed by atoms with Gasteiger partial charge in [-0.15, -0.1) is 0 Å². The summed E-state index contributed by atoms with van der Waals surface area (Å²) in [5.41, 5.74) is 9.95. The van der Waals surface area contributed by atoms with Gasteiger partial charge in [-0.3, -0.25) is 19.2 Å². The third-order valence-electron chi connectivity index (χ3n) is 2.52. The molecule has 1 unspecified atom stereocenters. The van der Waals surface area contributed by atoms with Crippen molar-refractivity contribution in [3.8, 4) is 0 Å². The van der Waals surface area contributed by atoms with Gasteiger partial charge in [-0.2, -0.15) is 0 Å². The summed E-state index contributed by atoms with van der Waals surface area (Å²) in [5, 5.41) is 11.0. The van der Waals surface area contributed by atoms with E-state index in [4.69, 9.17) is 16.6 Å². The quantitative estimate of drug-likeness (QED) is 0.365. The minimum atomic E-state index is -1.27. The zero-order chi connectivity index (χ0) is 15.2. The Hall–Kier alpha value is -1.96. The lowest BCUT2D eigenvalue weighted by molar-refractivity contribution is -0.139.